The van der Waals surface area contributed by atoms with Crippen molar-refractivity contribution in [3.05, 3.63) is 0 Å². The third-order valence-electron chi connectivity index (χ3n) is 2.27. The molecule has 0 aromatic rings. The smallest absolute Gasteiger partial charge is 0.335 e. The second-order valence-corrected chi connectivity index (χ2v) is 5.21. The Morgan fingerprint density at radius 2 is 1.88 bits per heavy atom. The van der Waals surface area contributed by atoms with Crippen molar-refractivity contribution in [3.63, 3.8) is 0 Å². The molecule has 0 aromatic carbocycles. The second kappa shape index (κ2) is 7.66. The van der Waals surface area contributed by atoms with E-state index < -0.39 is 0 Å². The molecule has 0 spiro atoms. The van der Waals surface area contributed by atoms with Crippen molar-refractivity contribution in [1.82, 2.24) is 0 Å². The van der Waals surface area contributed by atoms with Crippen LogP contribution in [0.4, 0.5) is 0 Å². The number of carbonyl (C=O) groups is 1. The number of hydrogen-bond donors (Lipinski definition) is 0. The van der Waals surface area contributed by atoms with Gasteiger partial charge in [0.15, 0.2) is 6.10 Å². The highest BCUT2D eigenvalue weighted by atomic mass is 16.6. The molecule has 0 aromatic heterocycles. The van der Waals surface area contributed by atoms with E-state index >= 15 is 0 Å². The van der Waals surface area contributed by atoms with Crippen molar-refractivity contribution in [2.45, 2.75) is 60.0 Å². The summed E-state index contributed by atoms with van der Waals surface area (Å²) >= 11 is 0. The molecule has 3 heteroatoms. The van der Waals surface area contributed by atoms with Crippen LogP contribution in [0.3, 0.4) is 0 Å². The normalized spacial score (nSPS) is 13.6. The molecule has 0 rings (SSSR count). The summed E-state index contributed by atoms with van der Waals surface area (Å²) in [6.07, 6.45) is 2.24. The number of ether oxygens (including phenoxy) is 2. The minimum Gasteiger partial charge on any atom is -0.464 e. The predicted octanol–water partition coefficient (Wildman–Crippen LogP) is 3.17. The fourth-order valence-electron chi connectivity index (χ4n) is 1.27. The van der Waals surface area contributed by atoms with Crippen LogP contribution in [0.25, 0.3) is 0 Å². The third-order valence-corrected chi connectivity index (χ3v) is 2.27. The highest BCUT2D eigenvalue weighted by Gasteiger charge is 2.20. The Balaban J connectivity index is 3.98. The summed E-state index contributed by atoms with van der Waals surface area (Å²) in [7, 11) is 0. The molecule has 1 atom stereocenters. The summed E-state index contributed by atoms with van der Waals surface area (Å²) in [6.45, 7) is 11.4. The van der Waals surface area contributed by atoms with Crippen LogP contribution in [0, 0.1) is 5.41 Å². The summed E-state index contributed by atoms with van der Waals surface area (Å²) in [5.41, 5.74) is 0.241. The van der Waals surface area contributed by atoms with Crippen LogP contribution in [0.15, 0.2) is 0 Å². The lowest BCUT2D eigenvalue weighted by Crippen LogP contribution is -2.27. The van der Waals surface area contributed by atoms with Crippen LogP contribution in [0.5, 0.6) is 0 Å². The number of esters is 1. The lowest BCUT2D eigenvalue weighted by molar-refractivity contribution is -0.157. The topological polar surface area (TPSA) is 35.5 Å². The molecule has 0 amide bonds. The quantitative estimate of drug-likeness (QED) is 0.630. The molecular formula is C13H26O3. The molecule has 0 saturated carbocycles. The first kappa shape index (κ1) is 15.4. The molecule has 3 nitrogen and oxygen atoms in total. The van der Waals surface area contributed by atoms with E-state index in [0.717, 1.165) is 19.3 Å². The second-order valence-electron chi connectivity index (χ2n) is 5.21. The highest BCUT2D eigenvalue weighted by Crippen LogP contribution is 2.19. The molecule has 0 aliphatic rings. The van der Waals surface area contributed by atoms with E-state index in [1.165, 1.54) is 0 Å². The zero-order valence-electron chi connectivity index (χ0n) is 11.3. The summed E-state index contributed by atoms with van der Waals surface area (Å²) in [6, 6.07) is 0. The zero-order chi connectivity index (χ0) is 12.6. The molecule has 0 N–H and O–H groups in total. The maximum atomic E-state index is 11.5. The molecular weight excluding hydrogens is 204 g/mol. The molecule has 0 heterocycles. The van der Waals surface area contributed by atoms with Gasteiger partial charge in [0.05, 0.1) is 6.61 Å². The monoisotopic (exact) mass is 230 g/mol. The Labute approximate surface area is 99.5 Å². The van der Waals surface area contributed by atoms with Crippen LogP contribution in [-0.2, 0) is 14.3 Å². The average molecular weight is 230 g/mol. The van der Waals surface area contributed by atoms with E-state index in [4.69, 9.17) is 9.47 Å². The van der Waals surface area contributed by atoms with Gasteiger partial charge in [-0.3, -0.25) is 0 Å². The standard InChI is InChI=1S/C13H26O3/c1-6-8-11(12(14)15-7-2)16-10-9-13(3,4)5/h11H,6-10H2,1-5H3. The van der Waals surface area contributed by atoms with Crippen LogP contribution in [-0.4, -0.2) is 25.3 Å². The minimum atomic E-state index is -0.382. The maximum Gasteiger partial charge on any atom is 0.335 e. The first-order valence-corrected chi connectivity index (χ1v) is 6.19. The van der Waals surface area contributed by atoms with E-state index in [1.807, 2.05) is 13.8 Å². The summed E-state index contributed by atoms with van der Waals surface area (Å²) in [5, 5.41) is 0. The molecule has 0 radical (unpaired) electrons. The van der Waals surface area contributed by atoms with Crippen molar-refractivity contribution in [2.24, 2.45) is 5.41 Å². The fourth-order valence-corrected chi connectivity index (χ4v) is 1.27. The van der Waals surface area contributed by atoms with Gasteiger partial charge in [-0.2, -0.15) is 0 Å². The fraction of sp³-hybridized carbons (Fsp3) is 0.923. The number of carbonyl (C=O) groups excluding carboxylic acids is 1. The van der Waals surface area contributed by atoms with Gasteiger partial charge < -0.3 is 9.47 Å². The van der Waals surface area contributed by atoms with Gasteiger partial charge >= 0.3 is 5.97 Å². The minimum absolute atomic E-state index is 0.224. The molecule has 0 bridgehead atoms. The molecule has 1 unspecified atom stereocenters. The number of rotatable bonds is 7. The Morgan fingerprint density at radius 3 is 2.31 bits per heavy atom. The molecule has 0 aliphatic carbocycles. The lowest BCUT2D eigenvalue weighted by atomic mass is 9.93. The van der Waals surface area contributed by atoms with Crippen molar-refractivity contribution in [3.8, 4) is 0 Å². The lowest BCUT2D eigenvalue weighted by Gasteiger charge is -2.21. The first-order valence-electron chi connectivity index (χ1n) is 6.19. The van der Waals surface area contributed by atoms with Gasteiger partial charge in [-0.1, -0.05) is 34.1 Å². The van der Waals surface area contributed by atoms with Crippen LogP contribution < -0.4 is 0 Å². The van der Waals surface area contributed by atoms with Gasteiger partial charge in [0.2, 0.25) is 0 Å². The van der Waals surface area contributed by atoms with E-state index in [2.05, 4.69) is 20.8 Å². The van der Waals surface area contributed by atoms with Crippen LogP contribution >= 0.6 is 0 Å². The SMILES string of the molecule is CCCC(OCCC(C)(C)C)C(=O)OCC. The predicted molar refractivity (Wildman–Crippen MR) is 65.4 cm³/mol. The van der Waals surface area contributed by atoms with E-state index in [0.29, 0.717) is 13.2 Å². The highest BCUT2D eigenvalue weighted by molar-refractivity contribution is 5.74. The van der Waals surface area contributed by atoms with Gasteiger partial charge in [-0.25, -0.2) is 4.79 Å². The number of hydrogen-bond acceptors (Lipinski definition) is 3. The molecule has 96 valence electrons. The van der Waals surface area contributed by atoms with Crippen molar-refractivity contribution >= 4 is 5.97 Å². The van der Waals surface area contributed by atoms with Crippen LogP contribution in [0.1, 0.15) is 53.9 Å². The van der Waals surface area contributed by atoms with Crippen molar-refractivity contribution < 1.29 is 14.3 Å². The van der Waals surface area contributed by atoms with E-state index in [1.54, 1.807) is 0 Å². The molecule has 0 saturated heterocycles. The average Bonchev–Trinajstić information content (AvgIpc) is 2.15. The molecule has 0 fully saturated rings. The van der Waals surface area contributed by atoms with Gasteiger partial charge in [-0.15, -0.1) is 0 Å². The van der Waals surface area contributed by atoms with Gasteiger partial charge in [0.25, 0.3) is 0 Å². The largest absolute Gasteiger partial charge is 0.464 e. The zero-order valence-corrected chi connectivity index (χ0v) is 11.3. The van der Waals surface area contributed by atoms with Crippen LogP contribution in [0.2, 0.25) is 0 Å². The Kier molecular flexibility index (Phi) is 7.39. The molecule has 0 aliphatic heterocycles. The van der Waals surface area contributed by atoms with Gasteiger partial charge in [-0.05, 0) is 25.2 Å². The summed E-state index contributed by atoms with van der Waals surface area (Å²) in [4.78, 5) is 11.5. The van der Waals surface area contributed by atoms with Gasteiger partial charge in [0.1, 0.15) is 0 Å². The van der Waals surface area contributed by atoms with Crippen molar-refractivity contribution in [1.29, 1.82) is 0 Å². The van der Waals surface area contributed by atoms with E-state index in [9.17, 15) is 4.79 Å². The van der Waals surface area contributed by atoms with Gasteiger partial charge in [0, 0.05) is 6.61 Å². The maximum absolute atomic E-state index is 11.5. The third kappa shape index (κ3) is 7.69. The summed E-state index contributed by atoms with van der Waals surface area (Å²) < 4.78 is 10.6. The first-order chi connectivity index (χ1) is 7.40. The Morgan fingerprint density at radius 1 is 1.25 bits per heavy atom. The molecule has 16 heavy (non-hydrogen) atoms. The summed E-state index contributed by atoms with van der Waals surface area (Å²) in [5.74, 6) is -0.224. The Bertz CT molecular complexity index is 194. The van der Waals surface area contributed by atoms with Crippen molar-refractivity contribution in [2.75, 3.05) is 13.2 Å². The Hall–Kier alpha value is -0.570. The van der Waals surface area contributed by atoms with E-state index in [-0.39, 0.29) is 17.5 Å².